The highest BCUT2D eigenvalue weighted by molar-refractivity contribution is 6.37. The third kappa shape index (κ3) is 10.3. The van der Waals surface area contributed by atoms with Crippen molar-refractivity contribution in [3.63, 3.8) is 0 Å². The Morgan fingerprint density at radius 1 is 0.857 bits per heavy atom. The third-order valence-corrected chi connectivity index (χ3v) is 3.34. The number of rotatable bonds is 3. The Labute approximate surface area is 180 Å². The van der Waals surface area contributed by atoms with Crippen LogP contribution in [0.2, 0.25) is 15.1 Å². The van der Waals surface area contributed by atoms with Gasteiger partial charge in [0.15, 0.2) is 5.75 Å². The lowest BCUT2D eigenvalue weighted by molar-refractivity contribution is -0.384. The van der Waals surface area contributed by atoms with Crippen LogP contribution in [-0.4, -0.2) is 18.5 Å². The third-order valence-electron chi connectivity index (χ3n) is 2.48. The van der Waals surface area contributed by atoms with Crippen LogP contribution in [0.3, 0.4) is 0 Å². The predicted octanol–water partition coefficient (Wildman–Crippen LogP) is 7.34. The number of carbonyl (C=O) groups excluding carboxylic acids is 2. The van der Waals surface area contributed by atoms with Crippen LogP contribution in [0.5, 0.6) is 11.5 Å². The molecule has 0 heterocycles. The number of nitro groups is 1. The standard InChI is InChI=1S/C13H8Cl3NO3.2C2H6.2CH2O/c1-7-4-10(15)13(11(16)5-7)20-12-3-2-8(17(18)19)6-9(12)14;4*1-2/h2-6H,1H3;2*1-2H3;2*1H2. The zero-order chi connectivity index (χ0) is 22.9. The van der Waals surface area contributed by atoms with E-state index < -0.39 is 4.92 Å². The van der Waals surface area contributed by atoms with Gasteiger partial charge in [-0.2, -0.15) is 0 Å². The maximum atomic E-state index is 10.6. The van der Waals surface area contributed by atoms with Gasteiger partial charge < -0.3 is 14.3 Å². The minimum atomic E-state index is -0.540. The Kier molecular flexibility index (Phi) is 19.9. The van der Waals surface area contributed by atoms with Gasteiger partial charge in [-0.05, 0) is 30.7 Å². The molecule has 0 atom stereocenters. The molecule has 0 radical (unpaired) electrons. The van der Waals surface area contributed by atoms with Crippen molar-refractivity contribution < 1.29 is 19.2 Å². The van der Waals surface area contributed by atoms with Gasteiger partial charge in [0, 0.05) is 12.1 Å². The second-order valence-corrected chi connectivity index (χ2v) is 5.25. The van der Waals surface area contributed by atoms with E-state index in [-0.39, 0.29) is 22.2 Å². The number of ether oxygens (including phenoxy) is 1. The molecule has 0 fully saturated rings. The number of halogens is 3. The molecule has 28 heavy (non-hydrogen) atoms. The molecular weight excluding hydrogens is 429 g/mol. The van der Waals surface area contributed by atoms with Crippen molar-refractivity contribution in [2.24, 2.45) is 0 Å². The molecule has 0 aromatic heterocycles. The van der Waals surface area contributed by atoms with Crippen molar-refractivity contribution in [1.82, 2.24) is 0 Å². The molecule has 0 aliphatic heterocycles. The van der Waals surface area contributed by atoms with E-state index in [4.69, 9.17) is 49.1 Å². The number of aryl methyl sites for hydroxylation is 1. The number of benzene rings is 2. The molecule has 9 heteroatoms. The zero-order valence-corrected chi connectivity index (χ0v) is 18.7. The molecule has 2 rings (SSSR count). The summed E-state index contributed by atoms with van der Waals surface area (Å²) < 4.78 is 5.54. The van der Waals surface area contributed by atoms with Crippen LogP contribution in [-0.2, 0) is 9.59 Å². The highest BCUT2D eigenvalue weighted by atomic mass is 35.5. The van der Waals surface area contributed by atoms with Crippen molar-refractivity contribution in [2.75, 3.05) is 0 Å². The van der Waals surface area contributed by atoms with E-state index in [2.05, 4.69) is 0 Å². The van der Waals surface area contributed by atoms with Crippen molar-refractivity contribution in [3.8, 4) is 11.5 Å². The summed E-state index contributed by atoms with van der Waals surface area (Å²) in [5, 5.41) is 11.4. The fourth-order valence-electron chi connectivity index (χ4n) is 1.58. The molecule has 0 aliphatic carbocycles. The first-order valence-corrected chi connectivity index (χ1v) is 9.17. The van der Waals surface area contributed by atoms with Gasteiger partial charge in [-0.3, -0.25) is 10.1 Å². The van der Waals surface area contributed by atoms with Gasteiger partial charge in [0.2, 0.25) is 0 Å². The number of hydrogen-bond acceptors (Lipinski definition) is 5. The summed E-state index contributed by atoms with van der Waals surface area (Å²) in [5.74, 6) is 0.500. The van der Waals surface area contributed by atoms with Crippen LogP contribution in [0, 0.1) is 17.0 Å². The van der Waals surface area contributed by atoms with Gasteiger partial charge >= 0.3 is 0 Å². The molecule has 0 saturated carbocycles. The van der Waals surface area contributed by atoms with Gasteiger partial charge in [0.1, 0.15) is 19.3 Å². The molecule has 0 bridgehead atoms. The van der Waals surface area contributed by atoms with Crippen LogP contribution in [0.4, 0.5) is 5.69 Å². The number of nitrogens with zero attached hydrogens (tertiary/aromatic N) is 1. The van der Waals surface area contributed by atoms with Crippen LogP contribution in [0.1, 0.15) is 33.3 Å². The predicted molar refractivity (Wildman–Crippen MR) is 116 cm³/mol. The van der Waals surface area contributed by atoms with Crippen molar-refractivity contribution >= 4 is 54.1 Å². The Balaban J connectivity index is -0.000000695. The van der Waals surface area contributed by atoms with E-state index >= 15 is 0 Å². The van der Waals surface area contributed by atoms with Crippen LogP contribution >= 0.6 is 34.8 Å². The number of nitro benzene ring substituents is 1. The average Bonchev–Trinajstić information content (AvgIpc) is 2.71. The molecule has 0 saturated heterocycles. The van der Waals surface area contributed by atoms with Crippen LogP contribution < -0.4 is 4.74 Å². The fourth-order valence-corrected chi connectivity index (χ4v) is 2.47. The molecule has 6 nitrogen and oxygen atoms in total. The van der Waals surface area contributed by atoms with Gasteiger partial charge in [-0.15, -0.1) is 0 Å². The van der Waals surface area contributed by atoms with Crippen molar-refractivity contribution in [3.05, 3.63) is 61.1 Å². The van der Waals surface area contributed by atoms with E-state index in [1.165, 1.54) is 18.2 Å². The Hall–Kier alpha value is -2.15. The summed E-state index contributed by atoms with van der Waals surface area (Å²) in [7, 11) is 0. The summed E-state index contributed by atoms with van der Waals surface area (Å²) in [4.78, 5) is 26.1. The Morgan fingerprint density at radius 2 is 1.29 bits per heavy atom. The average molecular weight is 453 g/mol. The molecule has 2 aromatic carbocycles. The molecule has 0 spiro atoms. The molecule has 0 amide bonds. The van der Waals surface area contributed by atoms with E-state index in [9.17, 15) is 10.1 Å². The first-order chi connectivity index (χ1) is 13.4. The quantitative estimate of drug-likeness (QED) is 0.359. The molecular formula is C19H24Cl3NO5. The van der Waals surface area contributed by atoms with E-state index in [1.54, 1.807) is 12.1 Å². The molecule has 156 valence electrons. The van der Waals surface area contributed by atoms with E-state index in [0.29, 0.717) is 10.0 Å². The maximum Gasteiger partial charge on any atom is 0.271 e. The highest BCUT2D eigenvalue weighted by Crippen LogP contribution is 2.40. The monoisotopic (exact) mass is 451 g/mol. The fraction of sp³-hybridized carbons (Fsp3) is 0.263. The number of carbonyl (C=O) groups is 2. The summed E-state index contributed by atoms with van der Waals surface area (Å²) >= 11 is 18.1. The second kappa shape index (κ2) is 18.2. The lowest BCUT2D eigenvalue weighted by Gasteiger charge is -2.11. The summed E-state index contributed by atoms with van der Waals surface area (Å²) in [6, 6.07) is 7.28. The maximum absolute atomic E-state index is 10.6. The molecule has 0 aliphatic rings. The second-order valence-electron chi connectivity index (χ2n) is 4.03. The number of hydrogen-bond donors (Lipinski definition) is 0. The lowest BCUT2D eigenvalue weighted by Crippen LogP contribution is -1.91. The van der Waals surface area contributed by atoms with Crippen LogP contribution in [0.15, 0.2) is 30.3 Å². The lowest BCUT2D eigenvalue weighted by atomic mass is 10.2. The van der Waals surface area contributed by atoms with Gasteiger partial charge in [-0.1, -0.05) is 62.5 Å². The summed E-state index contributed by atoms with van der Waals surface area (Å²) in [6.45, 7) is 13.8. The highest BCUT2D eigenvalue weighted by Gasteiger charge is 2.14. The van der Waals surface area contributed by atoms with Crippen molar-refractivity contribution in [1.29, 1.82) is 0 Å². The number of non-ortho nitro benzene ring substituents is 1. The molecule has 0 unspecified atom stereocenters. The molecule has 2 aromatic rings. The Morgan fingerprint density at radius 3 is 1.64 bits per heavy atom. The first-order valence-electron chi connectivity index (χ1n) is 8.03. The minimum absolute atomic E-state index is 0.104. The zero-order valence-electron chi connectivity index (χ0n) is 16.4. The SMILES string of the molecule is C=O.C=O.CC.CC.Cc1cc(Cl)c(Oc2ccc([N+](=O)[O-])cc2Cl)c(Cl)c1. The Bertz CT molecular complexity index is 702. The normalized spacial score (nSPS) is 8.14. The van der Waals surface area contributed by atoms with Crippen LogP contribution in [0.25, 0.3) is 0 Å². The summed E-state index contributed by atoms with van der Waals surface area (Å²) in [6.07, 6.45) is 0. The van der Waals surface area contributed by atoms with Crippen molar-refractivity contribution in [2.45, 2.75) is 34.6 Å². The van der Waals surface area contributed by atoms with E-state index in [0.717, 1.165) is 5.56 Å². The minimum Gasteiger partial charge on any atom is -0.453 e. The van der Waals surface area contributed by atoms with Gasteiger partial charge in [0.05, 0.1) is 20.0 Å². The summed E-state index contributed by atoms with van der Waals surface area (Å²) in [5.41, 5.74) is 0.769. The van der Waals surface area contributed by atoms with E-state index in [1.807, 2.05) is 48.2 Å². The first kappa shape index (κ1) is 30.6. The molecule has 0 N–H and O–H groups in total. The topological polar surface area (TPSA) is 86.5 Å². The van der Waals surface area contributed by atoms with Gasteiger partial charge in [-0.25, -0.2) is 0 Å². The van der Waals surface area contributed by atoms with Gasteiger partial charge in [0.25, 0.3) is 5.69 Å². The smallest absolute Gasteiger partial charge is 0.271 e. The largest absolute Gasteiger partial charge is 0.453 e.